The maximum absolute atomic E-state index is 13.3. The van der Waals surface area contributed by atoms with E-state index < -0.39 is 0 Å². The second-order valence-corrected chi connectivity index (χ2v) is 6.28. The van der Waals surface area contributed by atoms with Gasteiger partial charge in [-0.3, -0.25) is 0 Å². The Labute approximate surface area is 127 Å². The maximum atomic E-state index is 13.3. The molecule has 0 fully saturated rings. The number of imidazole rings is 1. The molecule has 0 saturated heterocycles. The number of nitrogens with zero attached hydrogens (tertiary/aromatic N) is 2. The van der Waals surface area contributed by atoms with E-state index >= 15 is 0 Å². The zero-order valence-electron chi connectivity index (χ0n) is 12.1. The highest BCUT2D eigenvalue weighted by atomic mass is 32.1. The van der Waals surface area contributed by atoms with Crippen LogP contribution in [0.25, 0.3) is 10.1 Å². The third kappa shape index (κ3) is 2.99. The zero-order chi connectivity index (χ0) is 14.8. The second kappa shape index (κ2) is 5.95. The number of benzene rings is 1. The van der Waals surface area contributed by atoms with Crippen molar-refractivity contribution in [3.8, 4) is 0 Å². The molecule has 110 valence electrons. The van der Waals surface area contributed by atoms with E-state index in [0.29, 0.717) is 0 Å². The van der Waals surface area contributed by atoms with Crippen LogP contribution in [-0.4, -0.2) is 16.6 Å². The highest BCUT2D eigenvalue weighted by Crippen LogP contribution is 2.32. The molecule has 2 aromatic heterocycles. The molecule has 1 atom stereocenters. The van der Waals surface area contributed by atoms with E-state index in [9.17, 15) is 4.39 Å². The Morgan fingerprint density at radius 2 is 2.24 bits per heavy atom. The zero-order valence-corrected chi connectivity index (χ0v) is 13.0. The fourth-order valence-electron chi connectivity index (χ4n) is 2.55. The lowest BCUT2D eigenvalue weighted by atomic mass is 10.1. The summed E-state index contributed by atoms with van der Waals surface area (Å²) in [6.07, 6.45) is 5.67. The quantitative estimate of drug-likeness (QED) is 0.779. The first-order valence-electron chi connectivity index (χ1n) is 7.00. The van der Waals surface area contributed by atoms with Crippen molar-refractivity contribution in [1.82, 2.24) is 14.9 Å². The van der Waals surface area contributed by atoms with Crippen LogP contribution < -0.4 is 5.32 Å². The van der Waals surface area contributed by atoms with Gasteiger partial charge in [0.2, 0.25) is 0 Å². The number of rotatable bonds is 5. The highest BCUT2D eigenvalue weighted by molar-refractivity contribution is 7.19. The van der Waals surface area contributed by atoms with E-state index in [4.69, 9.17) is 0 Å². The highest BCUT2D eigenvalue weighted by Gasteiger charge is 2.14. The first kappa shape index (κ1) is 14.2. The largest absolute Gasteiger partial charge is 0.338 e. The standard InChI is InChI=1S/C16H18FN3S/c1-18-13(4-6-16-19-7-8-20(16)2)15-10-11-9-12(17)3-5-14(11)21-15/h3,5,7-10,13,18H,4,6H2,1-2H3. The van der Waals surface area contributed by atoms with Crippen molar-refractivity contribution in [3.63, 3.8) is 0 Å². The van der Waals surface area contributed by atoms with E-state index in [1.54, 1.807) is 17.4 Å². The monoisotopic (exact) mass is 303 g/mol. The van der Waals surface area contributed by atoms with Gasteiger partial charge in [-0.25, -0.2) is 9.37 Å². The molecule has 3 aromatic rings. The summed E-state index contributed by atoms with van der Waals surface area (Å²) in [6.45, 7) is 0. The van der Waals surface area contributed by atoms with Crippen LogP contribution >= 0.6 is 11.3 Å². The van der Waals surface area contributed by atoms with Gasteiger partial charge in [-0.2, -0.15) is 0 Å². The number of fused-ring (bicyclic) bond motifs is 1. The van der Waals surface area contributed by atoms with Crippen LogP contribution in [0.4, 0.5) is 4.39 Å². The number of hydrogen-bond donors (Lipinski definition) is 1. The summed E-state index contributed by atoms with van der Waals surface area (Å²) < 4.78 is 16.5. The van der Waals surface area contributed by atoms with Gasteiger partial charge >= 0.3 is 0 Å². The van der Waals surface area contributed by atoms with Gasteiger partial charge in [-0.1, -0.05) is 0 Å². The molecule has 21 heavy (non-hydrogen) atoms. The van der Waals surface area contributed by atoms with E-state index in [2.05, 4.69) is 16.4 Å². The van der Waals surface area contributed by atoms with Crippen molar-refractivity contribution in [1.29, 1.82) is 0 Å². The van der Waals surface area contributed by atoms with E-state index in [1.807, 2.05) is 37.1 Å². The normalized spacial score (nSPS) is 12.9. The third-order valence-corrected chi connectivity index (χ3v) is 5.00. The van der Waals surface area contributed by atoms with Crippen molar-refractivity contribution >= 4 is 21.4 Å². The molecular formula is C16H18FN3S. The summed E-state index contributed by atoms with van der Waals surface area (Å²) in [6, 6.07) is 7.32. The summed E-state index contributed by atoms with van der Waals surface area (Å²) in [4.78, 5) is 5.60. The van der Waals surface area contributed by atoms with Crippen LogP contribution in [0.5, 0.6) is 0 Å². The van der Waals surface area contributed by atoms with Gasteiger partial charge in [-0.05, 0) is 43.1 Å². The lowest BCUT2D eigenvalue weighted by Crippen LogP contribution is -2.16. The van der Waals surface area contributed by atoms with Gasteiger partial charge in [0.05, 0.1) is 0 Å². The molecule has 0 saturated carbocycles. The summed E-state index contributed by atoms with van der Waals surface area (Å²) in [5.74, 6) is 0.906. The number of thiophene rings is 1. The van der Waals surface area contributed by atoms with E-state index in [0.717, 1.165) is 28.8 Å². The van der Waals surface area contributed by atoms with Crippen LogP contribution in [-0.2, 0) is 13.5 Å². The summed E-state index contributed by atoms with van der Waals surface area (Å²) in [5, 5.41) is 4.33. The molecule has 5 heteroatoms. The minimum absolute atomic E-state index is 0.180. The molecule has 1 unspecified atom stereocenters. The number of aryl methyl sites for hydroxylation is 2. The van der Waals surface area contributed by atoms with Crippen LogP contribution in [0.3, 0.4) is 0 Å². The molecule has 0 aliphatic rings. The number of aromatic nitrogens is 2. The van der Waals surface area contributed by atoms with E-state index in [-0.39, 0.29) is 11.9 Å². The molecular weight excluding hydrogens is 285 g/mol. The molecule has 0 aliphatic carbocycles. The van der Waals surface area contributed by atoms with Crippen molar-refractivity contribution in [2.24, 2.45) is 7.05 Å². The fraction of sp³-hybridized carbons (Fsp3) is 0.312. The molecule has 0 spiro atoms. The van der Waals surface area contributed by atoms with Crippen molar-refractivity contribution < 1.29 is 4.39 Å². The molecule has 0 aliphatic heterocycles. The number of halogens is 1. The van der Waals surface area contributed by atoms with E-state index in [1.165, 1.54) is 10.9 Å². The van der Waals surface area contributed by atoms with Crippen LogP contribution in [0.2, 0.25) is 0 Å². The van der Waals surface area contributed by atoms with Gasteiger partial charge in [0.15, 0.2) is 0 Å². The Bertz CT molecular complexity index is 747. The summed E-state index contributed by atoms with van der Waals surface area (Å²) in [7, 11) is 3.98. The van der Waals surface area contributed by atoms with Crippen LogP contribution in [0.15, 0.2) is 36.7 Å². The van der Waals surface area contributed by atoms with Crippen molar-refractivity contribution in [3.05, 3.63) is 53.2 Å². The van der Waals surface area contributed by atoms with Gasteiger partial charge in [0.1, 0.15) is 11.6 Å². The first-order chi connectivity index (χ1) is 10.2. The Morgan fingerprint density at radius 3 is 2.95 bits per heavy atom. The molecule has 3 rings (SSSR count). The Hall–Kier alpha value is -1.72. The maximum Gasteiger partial charge on any atom is 0.123 e. The second-order valence-electron chi connectivity index (χ2n) is 5.17. The molecule has 0 bridgehead atoms. The van der Waals surface area contributed by atoms with Crippen molar-refractivity contribution in [2.75, 3.05) is 7.05 Å². The molecule has 1 N–H and O–H groups in total. The molecule has 2 heterocycles. The summed E-state index contributed by atoms with van der Waals surface area (Å²) in [5.41, 5.74) is 0. The fourth-order valence-corrected chi connectivity index (χ4v) is 3.74. The molecule has 0 radical (unpaired) electrons. The first-order valence-corrected chi connectivity index (χ1v) is 7.81. The lowest BCUT2D eigenvalue weighted by Gasteiger charge is -2.14. The Balaban J connectivity index is 1.79. The summed E-state index contributed by atoms with van der Waals surface area (Å²) >= 11 is 1.72. The SMILES string of the molecule is CNC(CCc1nccn1C)c1cc2cc(F)ccc2s1. The van der Waals surface area contributed by atoms with Gasteiger partial charge in [-0.15, -0.1) is 11.3 Å². The molecule has 0 amide bonds. The van der Waals surface area contributed by atoms with Gasteiger partial charge in [0.25, 0.3) is 0 Å². The molecule has 1 aromatic carbocycles. The van der Waals surface area contributed by atoms with Crippen LogP contribution in [0, 0.1) is 5.82 Å². The minimum Gasteiger partial charge on any atom is -0.338 e. The van der Waals surface area contributed by atoms with Crippen molar-refractivity contribution in [2.45, 2.75) is 18.9 Å². The average molecular weight is 303 g/mol. The lowest BCUT2D eigenvalue weighted by molar-refractivity contribution is 0.544. The Morgan fingerprint density at radius 1 is 1.38 bits per heavy atom. The third-order valence-electron chi connectivity index (χ3n) is 3.77. The smallest absolute Gasteiger partial charge is 0.123 e. The molecule has 3 nitrogen and oxygen atoms in total. The Kier molecular flexibility index (Phi) is 4.03. The van der Waals surface area contributed by atoms with Gasteiger partial charge < -0.3 is 9.88 Å². The average Bonchev–Trinajstić information content (AvgIpc) is 3.05. The van der Waals surface area contributed by atoms with Crippen LogP contribution in [0.1, 0.15) is 23.2 Å². The predicted molar refractivity (Wildman–Crippen MR) is 85.1 cm³/mol. The minimum atomic E-state index is -0.180. The van der Waals surface area contributed by atoms with Gasteiger partial charge in [0, 0.05) is 41.5 Å². The topological polar surface area (TPSA) is 29.9 Å². The predicted octanol–water partition coefficient (Wildman–Crippen LogP) is 3.67. The number of hydrogen-bond acceptors (Lipinski definition) is 3. The number of nitrogens with one attached hydrogen (secondary N) is 1.